The van der Waals surface area contributed by atoms with Crippen molar-refractivity contribution in [1.82, 2.24) is 5.32 Å². The predicted octanol–water partition coefficient (Wildman–Crippen LogP) is 3.40. The van der Waals surface area contributed by atoms with Crippen molar-refractivity contribution in [2.45, 2.75) is 52.7 Å². The third kappa shape index (κ3) is 5.16. The summed E-state index contributed by atoms with van der Waals surface area (Å²) in [6.07, 6.45) is 1.44. The number of hydrogen-bond donors (Lipinski definition) is 2. The minimum Gasteiger partial charge on any atom is -0.469 e. The van der Waals surface area contributed by atoms with E-state index in [9.17, 15) is 9.59 Å². The molecule has 2 amide bonds. The van der Waals surface area contributed by atoms with Crippen LogP contribution in [0.25, 0.3) is 0 Å². The number of carbonyl (C=O) groups is 2. The number of hydrogen-bond acceptors (Lipinski definition) is 5. The van der Waals surface area contributed by atoms with Crippen LogP contribution in [0.3, 0.4) is 0 Å². The number of nitrogens with zero attached hydrogens (tertiary/aromatic N) is 1. The SMILES string of the molecule is CCC(CC)(CNC(=O)Nc1ccccc1N1C[C@H](C)O[C@@H](C)C1)C(=O)OC. The molecule has 1 aromatic rings. The number of nitrogens with one attached hydrogen (secondary N) is 2. The molecular formula is C21H33N3O4. The highest BCUT2D eigenvalue weighted by Gasteiger charge is 2.36. The molecule has 0 saturated carbocycles. The van der Waals surface area contributed by atoms with E-state index < -0.39 is 5.41 Å². The summed E-state index contributed by atoms with van der Waals surface area (Å²) in [6.45, 7) is 9.71. The number of morpholine rings is 1. The number of benzene rings is 1. The first-order chi connectivity index (χ1) is 13.3. The van der Waals surface area contributed by atoms with Gasteiger partial charge in [-0.25, -0.2) is 4.79 Å². The molecule has 2 N–H and O–H groups in total. The van der Waals surface area contributed by atoms with Gasteiger partial charge < -0.3 is 25.0 Å². The van der Waals surface area contributed by atoms with E-state index in [1.165, 1.54) is 7.11 Å². The van der Waals surface area contributed by atoms with Crippen molar-refractivity contribution in [2.75, 3.05) is 37.0 Å². The van der Waals surface area contributed by atoms with Crippen LogP contribution in [-0.4, -0.2) is 51.0 Å². The highest BCUT2D eigenvalue weighted by Crippen LogP contribution is 2.29. The molecule has 1 saturated heterocycles. The summed E-state index contributed by atoms with van der Waals surface area (Å²) in [7, 11) is 1.38. The van der Waals surface area contributed by atoms with E-state index in [4.69, 9.17) is 9.47 Å². The summed E-state index contributed by atoms with van der Waals surface area (Å²) >= 11 is 0. The van der Waals surface area contributed by atoms with Crippen molar-refractivity contribution >= 4 is 23.4 Å². The monoisotopic (exact) mass is 391 g/mol. The van der Waals surface area contributed by atoms with Crippen molar-refractivity contribution in [3.8, 4) is 0 Å². The first kappa shape index (κ1) is 22.0. The molecule has 7 heteroatoms. The minimum atomic E-state index is -0.708. The lowest BCUT2D eigenvalue weighted by Gasteiger charge is -2.37. The molecule has 0 aliphatic carbocycles. The summed E-state index contributed by atoms with van der Waals surface area (Å²) in [5.74, 6) is -0.297. The lowest BCUT2D eigenvalue weighted by atomic mass is 9.82. The number of methoxy groups -OCH3 is 1. The average molecular weight is 392 g/mol. The van der Waals surface area contributed by atoms with E-state index in [0.29, 0.717) is 12.8 Å². The molecule has 1 aliphatic rings. The molecule has 1 aliphatic heterocycles. The molecule has 2 atom stereocenters. The van der Waals surface area contributed by atoms with Gasteiger partial charge in [0.2, 0.25) is 0 Å². The maximum atomic E-state index is 12.5. The maximum Gasteiger partial charge on any atom is 0.319 e. The second kappa shape index (κ2) is 9.78. The van der Waals surface area contributed by atoms with E-state index in [1.807, 2.05) is 52.0 Å². The van der Waals surface area contributed by atoms with Crippen LogP contribution in [0, 0.1) is 5.41 Å². The van der Waals surface area contributed by atoms with Crippen LogP contribution in [0.2, 0.25) is 0 Å². The molecule has 28 heavy (non-hydrogen) atoms. The molecule has 1 aromatic carbocycles. The van der Waals surface area contributed by atoms with E-state index in [1.54, 1.807) is 0 Å². The van der Waals surface area contributed by atoms with Crippen LogP contribution in [0.5, 0.6) is 0 Å². The standard InChI is InChI=1S/C21H33N3O4/c1-6-21(7-2,19(25)27-5)14-22-20(26)23-17-10-8-9-11-18(17)24-12-15(3)28-16(4)13-24/h8-11,15-16H,6-7,12-14H2,1-5H3,(H2,22,23,26)/t15-,16-/m0/s1. The molecule has 2 rings (SSSR count). The van der Waals surface area contributed by atoms with Gasteiger partial charge in [-0.15, -0.1) is 0 Å². The lowest BCUT2D eigenvalue weighted by Crippen LogP contribution is -2.46. The van der Waals surface area contributed by atoms with Crippen molar-refractivity contribution in [2.24, 2.45) is 5.41 Å². The largest absolute Gasteiger partial charge is 0.469 e. The Bertz CT molecular complexity index is 665. The molecule has 0 unspecified atom stereocenters. The van der Waals surface area contributed by atoms with E-state index >= 15 is 0 Å². The zero-order valence-corrected chi connectivity index (χ0v) is 17.6. The zero-order valence-electron chi connectivity index (χ0n) is 17.6. The minimum absolute atomic E-state index is 0.125. The van der Waals surface area contributed by atoms with Gasteiger partial charge in [0.15, 0.2) is 0 Å². The Morgan fingerprint density at radius 3 is 2.36 bits per heavy atom. The Balaban J connectivity index is 2.07. The van der Waals surface area contributed by atoms with Crippen LogP contribution in [0.1, 0.15) is 40.5 Å². The molecular weight excluding hydrogens is 358 g/mol. The highest BCUT2D eigenvalue weighted by molar-refractivity contribution is 5.93. The molecule has 0 radical (unpaired) electrons. The Labute approximate surface area is 167 Å². The van der Waals surface area contributed by atoms with Gasteiger partial charge in [0.1, 0.15) is 0 Å². The third-order valence-electron chi connectivity index (χ3n) is 5.47. The Hall–Kier alpha value is -2.28. The van der Waals surface area contributed by atoms with Gasteiger partial charge in [0.05, 0.1) is 36.1 Å². The van der Waals surface area contributed by atoms with E-state index in [0.717, 1.165) is 24.5 Å². The molecule has 1 heterocycles. The number of anilines is 2. The normalized spacial score (nSPS) is 19.8. The number of carbonyl (C=O) groups excluding carboxylic acids is 2. The fourth-order valence-corrected chi connectivity index (χ4v) is 3.72. The van der Waals surface area contributed by atoms with Crippen molar-refractivity contribution < 1.29 is 19.1 Å². The molecule has 1 fully saturated rings. The third-order valence-corrected chi connectivity index (χ3v) is 5.47. The van der Waals surface area contributed by atoms with Gasteiger partial charge in [-0.1, -0.05) is 26.0 Å². The number of esters is 1. The highest BCUT2D eigenvalue weighted by atomic mass is 16.5. The van der Waals surface area contributed by atoms with Crippen molar-refractivity contribution in [3.05, 3.63) is 24.3 Å². The number of urea groups is 1. The lowest BCUT2D eigenvalue weighted by molar-refractivity contribution is -0.152. The maximum absolute atomic E-state index is 12.5. The first-order valence-corrected chi connectivity index (χ1v) is 9.98. The Morgan fingerprint density at radius 2 is 1.79 bits per heavy atom. The van der Waals surface area contributed by atoms with Crippen LogP contribution in [0.15, 0.2) is 24.3 Å². The van der Waals surface area contributed by atoms with Gasteiger partial charge in [-0.05, 0) is 38.8 Å². The van der Waals surface area contributed by atoms with Crippen molar-refractivity contribution in [1.29, 1.82) is 0 Å². The summed E-state index contributed by atoms with van der Waals surface area (Å²) in [5.41, 5.74) is 0.989. The summed E-state index contributed by atoms with van der Waals surface area (Å²) < 4.78 is 10.7. The summed E-state index contributed by atoms with van der Waals surface area (Å²) in [4.78, 5) is 27.0. The van der Waals surface area contributed by atoms with Gasteiger partial charge >= 0.3 is 12.0 Å². The summed E-state index contributed by atoms with van der Waals surface area (Å²) in [6, 6.07) is 7.39. The number of amides is 2. The van der Waals surface area contributed by atoms with Crippen LogP contribution in [-0.2, 0) is 14.3 Å². The van der Waals surface area contributed by atoms with Gasteiger partial charge in [0.25, 0.3) is 0 Å². The number of para-hydroxylation sites is 2. The molecule has 0 spiro atoms. The first-order valence-electron chi connectivity index (χ1n) is 9.98. The second-order valence-electron chi connectivity index (χ2n) is 7.47. The quantitative estimate of drug-likeness (QED) is 0.697. The second-order valence-corrected chi connectivity index (χ2v) is 7.47. The zero-order chi connectivity index (χ0) is 20.7. The van der Waals surface area contributed by atoms with Gasteiger partial charge in [-0.3, -0.25) is 4.79 Å². The Morgan fingerprint density at radius 1 is 1.18 bits per heavy atom. The molecule has 7 nitrogen and oxygen atoms in total. The molecule has 0 bridgehead atoms. The van der Waals surface area contributed by atoms with Gasteiger partial charge in [-0.2, -0.15) is 0 Å². The fraction of sp³-hybridized carbons (Fsp3) is 0.619. The number of rotatable bonds is 7. The van der Waals surface area contributed by atoms with Crippen molar-refractivity contribution in [3.63, 3.8) is 0 Å². The van der Waals surface area contributed by atoms with Gasteiger partial charge in [0, 0.05) is 19.6 Å². The molecule has 156 valence electrons. The van der Waals surface area contributed by atoms with E-state index in [-0.39, 0.29) is 30.8 Å². The Kier molecular flexibility index (Phi) is 7.69. The van der Waals surface area contributed by atoms with Crippen LogP contribution >= 0.6 is 0 Å². The predicted molar refractivity (Wildman–Crippen MR) is 111 cm³/mol. The van der Waals surface area contributed by atoms with Crippen LogP contribution < -0.4 is 15.5 Å². The average Bonchev–Trinajstić information content (AvgIpc) is 2.68. The summed E-state index contributed by atoms with van der Waals surface area (Å²) in [5, 5.41) is 5.77. The molecule has 0 aromatic heterocycles. The van der Waals surface area contributed by atoms with E-state index in [2.05, 4.69) is 15.5 Å². The topological polar surface area (TPSA) is 79.9 Å². The number of ether oxygens (including phenoxy) is 2. The smallest absolute Gasteiger partial charge is 0.319 e. The fourth-order valence-electron chi connectivity index (χ4n) is 3.72. The van der Waals surface area contributed by atoms with Crippen LogP contribution in [0.4, 0.5) is 16.2 Å².